The number of carbonyl (C=O) groups excluding carboxylic acids is 1. The van der Waals surface area contributed by atoms with E-state index in [-0.39, 0.29) is 6.42 Å². The average Bonchev–Trinajstić information content (AvgIpc) is 2.14. The van der Waals surface area contributed by atoms with E-state index in [4.69, 9.17) is 10.5 Å². The first-order valence-electron chi connectivity index (χ1n) is 5.36. The van der Waals surface area contributed by atoms with Crippen molar-refractivity contribution in [3.8, 4) is 0 Å². The summed E-state index contributed by atoms with van der Waals surface area (Å²) in [6.45, 7) is 5.30. The van der Waals surface area contributed by atoms with Crippen LogP contribution in [0.15, 0.2) is 18.5 Å². The summed E-state index contributed by atoms with van der Waals surface area (Å²) in [4.78, 5) is 15.3. The molecule has 1 unspecified atom stereocenters. The molecule has 1 aromatic heterocycles. The van der Waals surface area contributed by atoms with Crippen LogP contribution < -0.4 is 5.73 Å². The third kappa shape index (κ3) is 4.91. The lowest BCUT2D eigenvalue weighted by molar-refractivity contribution is -0.156. The molecule has 0 saturated heterocycles. The van der Waals surface area contributed by atoms with Gasteiger partial charge in [0.25, 0.3) is 0 Å². The van der Waals surface area contributed by atoms with E-state index in [1.165, 1.54) is 12.3 Å². The number of hydrogen-bond acceptors (Lipinski definition) is 4. The summed E-state index contributed by atoms with van der Waals surface area (Å²) >= 11 is 0. The van der Waals surface area contributed by atoms with Gasteiger partial charge in [-0.1, -0.05) is 0 Å². The van der Waals surface area contributed by atoms with Crippen LogP contribution in [-0.4, -0.2) is 22.6 Å². The first-order chi connectivity index (χ1) is 7.78. The molecule has 0 amide bonds. The second kappa shape index (κ2) is 5.23. The molecule has 0 aliphatic carbocycles. The molecule has 94 valence electrons. The zero-order valence-electron chi connectivity index (χ0n) is 10.2. The van der Waals surface area contributed by atoms with E-state index >= 15 is 0 Å². The van der Waals surface area contributed by atoms with Crippen molar-refractivity contribution in [1.82, 2.24) is 4.98 Å². The van der Waals surface area contributed by atoms with Gasteiger partial charge in [0.1, 0.15) is 17.5 Å². The Kier molecular flexibility index (Phi) is 4.17. The highest BCUT2D eigenvalue weighted by Gasteiger charge is 2.22. The van der Waals surface area contributed by atoms with Crippen molar-refractivity contribution in [3.63, 3.8) is 0 Å². The van der Waals surface area contributed by atoms with Crippen LogP contribution in [0.4, 0.5) is 4.39 Å². The Bertz CT molecular complexity index is 402. The Hall–Kier alpha value is -1.49. The number of nitrogens with zero attached hydrogens (tertiary/aromatic N) is 1. The van der Waals surface area contributed by atoms with Crippen molar-refractivity contribution in [2.24, 2.45) is 5.73 Å². The molecule has 1 aromatic rings. The van der Waals surface area contributed by atoms with Gasteiger partial charge in [0.15, 0.2) is 0 Å². The van der Waals surface area contributed by atoms with Crippen LogP contribution >= 0.6 is 0 Å². The molecule has 0 bridgehead atoms. The topological polar surface area (TPSA) is 65.2 Å². The minimum Gasteiger partial charge on any atom is -0.459 e. The molecule has 2 N–H and O–H groups in total. The Morgan fingerprint density at radius 3 is 2.71 bits per heavy atom. The fraction of sp³-hybridized carbons (Fsp3) is 0.500. The normalized spacial score (nSPS) is 13.2. The second-order valence-electron chi connectivity index (χ2n) is 4.86. The molecular weight excluding hydrogens is 223 g/mol. The number of carbonyl (C=O) groups is 1. The van der Waals surface area contributed by atoms with Crippen LogP contribution in [0.1, 0.15) is 26.3 Å². The highest BCUT2D eigenvalue weighted by molar-refractivity contribution is 5.76. The summed E-state index contributed by atoms with van der Waals surface area (Å²) in [6.07, 6.45) is 2.79. The van der Waals surface area contributed by atoms with Gasteiger partial charge < -0.3 is 10.5 Å². The largest absolute Gasteiger partial charge is 0.459 e. The molecule has 0 saturated carbocycles. The predicted molar refractivity (Wildman–Crippen MR) is 61.7 cm³/mol. The van der Waals surface area contributed by atoms with Gasteiger partial charge in [0.05, 0.1) is 6.20 Å². The molecule has 1 rings (SSSR count). The summed E-state index contributed by atoms with van der Waals surface area (Å²) < 4.78 is 18.0. The minimum absolute atomic E-state index is 0.208. The molecule has 0 spiro atoms. The van der Waals surface area contributed by atoms with Crippen molar-refractivity contribution < 1.29 is 13.9 Å². The molecule has 0 aromatic carbocycles. The highest BCUT2D eigenvalue weighted by atomic mass is 19.1. The lowest BCUT2D eigenvalue weighted by Crippen LogP contribution is -2.38. The monoisotopic (exact) mass is 240 g/mol. The van der Waals surface area contributed by atoms with Gasteiger partial charge in [-0.25, -0.2) is 4.39 Å². The molecular formula is C12H17FN2O2. The third-order valence-electron chi connectivity index (χ3n) is 1.93. The molecule has 4 nitrogen and oxygen atoms in total. The minimum atomic E-state index is -0.808. The van der Waals surface area contributed by atoms with Crippen molar-refractivity contribution in [3.05, 3.63) is 29.8 Å². The molecule has 17 heavy (non-hydrogen) atoms. The molecule has 0 aliphatic rings. The van der Waals surface area contributed by atoms with E-state index in [1.54, 1.807) is 20.8 Å². The molecule has 0 aliphatic heterocycles. The van der Waals surface area contributed by atoms with E-state index in [0.717, 1.165) is 6.20 Å². The SMILES string of the molecule is CC(C)(C)OC(=O)C(N)Cc1cncc(F)c1. The number of nitrogens with two attached hydrogens (primary N) is 1. The van der Waals surface area contributed by atoms with E-state index < -0.39 is 23.4 Å². The summed E-state index contributed by atoms with van der Waals surface area (Å²) in [5, 5.41) is 0. The molecule has 1 atom stereocenters. The maximum absolute atomic E-state index is 12.9. The van der Waals surface area contributed by atoms with Gasteiger partial charge >= 0.3 is 5.97 Å². The summed E-state index contributed by atoms with van der Waals surface area (Å²) in [5.41, 5.74) is 5.68. The number of esters is 1. The second-order valence-corrected chi connectivity index (χ2v) is 4.86. The number of hydrogen-bond donors (Lipinski definition) is 1. The van der Waals surface area contributed by atoms with Gasteiger partial charge in [-0.3, -0.25) is 9.78 Å². The van der Waals surface area contributed by atoms with Crippen LogP contribution in [0, 0.1) is 5.82 Å². The Morgan fingerprint density at radius 2 is 2.18 bits per heavy atom. The standard InChI is InChI=1S/C12H17FN2O2/c1-12(2,3)17-11(16)10(14)5-8-4-9(13)7-15-6-8/h4,6-7,10H,5,14H2,1-3H3. The number of rotatable bonds is 3. The van der Waals surface area contributed by atoms with E-state index in [0.29, 0.717) is 5.56 Å². The fourth-order valence-electron chi connectivity index (χ4n) is 1.28. The first-order valence-corrected chi connectivity index (χ1v) is 5.36. The number of ether oxygens (including phenoxy) is 1. The highest BCUT2D eigenvalue weighted by Crippen LogP contribution is 2.10. The van der Waals surface area contributed by atoms with Crippen LogP contribution in [0.3, 0.4) is 0 Å². The predicted octanol–water partition coefficient (Wildman–Crippen LogP) is 1.43. The first kappa shape index (κ1) is 13.6. The smallest absolute Gasteiger partial charge is 0.323 e. The zero-order chi connectivity index (χ0) is 13.1. The number of aromatic nitrogens is 1. The van der Waals surface area contributed by atoms with E-state index in [1.807, 2.05) is 0 Å². The Balaban J connectivity index is 2.60. The van der Waals surface area contributed by atoms with E-state index in [9.17, 15) is 9.18 Å². The number of halogens is 1. The van der Waals surface area contributed by atoms with Crippen LogP contribution in [-0.2, 0) is 16.0 Å². The maximum atomic E-state index is 12.9. The number of pyridine rings is 1. The van der Waals surface area contributed by atoms with Gasteiger partial charge in [-0.15, -0.1) is 0 Å². The van der Waals surface area contributed by atoms with Crippen LogP contribution in [0.5, 0.6) is 0 Å². The third-order valence-corrected chi connectivity index (χ3v) is 1.93. The summed E-state index contributed by atoms with van der Waals surface area (Å²) in [5.74, 6) is -0.944. The quantitative estimate of drug-likeness (QED) is 0.812. The van der Waals surface area contributed by atoms with Gasteiger partial charge in [-0.2, -0.15) is 0 Å². The Labute approximate surface area is 100.0 Å². The molecule has 0 radical (unpaired) electrons. The molecule has 5 heteroatoms. The van der Waals surface area contributed by atoms with E-state index in [2.05, 4.69) is 4.98 Å². The molecule has 1 heterocycles. The maximum Gasteiger partial charge on any atom is 0.323 e. The van der Waals surface area contributed by atoms with Gasteiger partial charge in [-0.05, 0) is 38.8 Å². The van der Waals surface area contributed by atoms with Crippen molar-refractivity contribution in [2.75, 3.05) is 0 Å². The molecule has 0 fully saturated rings. The van der Waals surface area contributed by atoms with Crippen molar-refractivity contribution >= 4 is 5.97 Å². The summed E-state index contributed by atoms with van der Waals surface area (Å²) in [7, 11) is 0. The van der Waals surface area contributed by atoms with Crippen molar-refractivity contribution in [1.29, 1.82) is 0 Å². The Morgan fingerprint density at radius 1 is 1.53 bits per heavy atom. The van der Waals surface area contributed by atoms with Gasteiger partial charge in [0.2, 0.25) is 0 Å². The van der Waals surface area contributed by atoms with Crippen LogP contribution in [0.25, 0.3) is 0 Å². The van der Waals surface area contributed by atoms with Crippen molar-refractivity contribution in [2.45, 2.75) is 38.8 Å². The fourth-order valence-corrected chi connectivity index (χ4v) is 1.28. The zero-order valence-corrected chi connectivity index (χ0v) is 10.2. The van der Waals surface area contributed by atoms with Gasteiger partial charge in [0, 0.05) is 6.20 Å². The van der Waals surface area contributed by atoms with Crippen LogP contribution in [0.2, 0.25) is 0 Å². The average molecular weight is 240 g/mol. The summed E-state index contributed by atoms with van der Waals surface area (Å²) in [6, 6.07) is 0.495. The lowest BCUT2D eigenvalue weighted by Gasteiger charge is -2.22. The lowest BCUT2D eigenvalue weighted by atomic mass is 10.1.